The molecule has 0 aliphatic rings. The van der Waals surface area contributed by atoms with E-state index in [0.717, 1.165) is 10.0 Å². The maximum absolute atomic E-state index is 12.4. The molecule has 1 amide bonds. The number of rotatable bonds is 4. The van der Waals surface area contributed by atoms with Crippen LogP contribution in [0.25, 0.3) is 0 Å². The number of nitrogens with two attached hydrogens (primary N) is 1. The first kappa shape index (κ1) is 15.7. The zero-order valence-corrected chi connectivity index (χ0v) is 13.9. The van der Waals surface area contributed by atoms with Gasteiger partial charge in [-0.25, -0.2) is 0 Å². The molecule has 1 unspecified atom stereocenters. The summed E-state index contributed by atoms with van der Waals surface area (Å²) in [5, 5.41) is 2.89. The highest BCUT2D eigenvalue weighted by Crippen LogP contribution is 2.23. The highest BCUT2D eigenvalue weighted by atomic mass is 79.9. The van der Waals surface area contributed by atoms with Crippen LogP contribution in [-0.2, 0) is 4.79 Å². The van der Waals surface area contributed by atoms with Crippen LogP contribution in [0.4, 0.5) is 5.69 Å². The SMILES string of the molecule is CC(C(=O)Nc1ccc(Br)cc1C(N)=S)c1ccccc1. The second-order valence-corrected chi connectivity index (χ2v) is 6.03. The van der Waals surface area contributed by atoms with Crippen LogP contribution in [0, 0.1) is 0 Å². The predicted octanol–water partition coefficient (Wildman–Crippen LogP) is 3.83. The molecule has 0 radical (unpaired) electrons. The van der Waals surface area contributed by atoms with E-state index in [2.05, 4.69) is 21.2 Å². The summed E-state index contributed by atoms with van der Waals surface area (Å²) in [6, 6.07) is 15.0. The lowest BCUT2D eigenvalue weighted by atomic mass is 10.0. The minimum Gasteiger partial charge on any atom is -0.389 e. The molecule has 2 aromatic carbocycles. The number of hydrogen-bond donors (Lipinski definition) is 2. The van der Waals surface area contributed by atoms with E-state index in [9.17, 15) is 4.79 Å². The van der Waals surface area contributed by atoms with E-state index in [4.69, 9.17) is 18.0 Å². The van der Waals surface area contributed by atoms with Gasteiger partial charge in [0.1, 0.15) is 4.99 Å². The molecule has 108 valence electrons. The number of carbonyl (C=O) groups is 1. The van der Waals surface area contributed by atoms with Crippen molar-refractivity contribution in [1.29, 1.82) is 0 Å². The fourth-order valence-corrected chi connectivity index (χ4v) is 2.49. The first-order valence-electron chi connectivity index (χ1n) is 6.44. The Morgan fingerprint density at radius 1 is 1.24 bits per heavy atom. The van der Waals surface area contributed by atoms with Gasteiger partial charge in [-0.3, -0.25) is 4.79 Å². The predicted molar refractivity (Wildman–Crippen MR) is 93.5 cm³/mol. The second-order valence-electron chi connectivity index (χ2n) is 4.68. The first-order valence-corrected chi connectivity index (χ1v) is 7.64. The lowest BCUT2D eigenvalue weighted by Crippen LogP contribution is -2.21. The molecule has 3 N–H and O–H groups in total. The van der Waals surface area contributed by atoms with Gasteiger partial charge in [-0.15, -0.1) is 0 Å². The third-order valence-electron chi connectivity index (χ3n) is 3.20. The molecule has 0 aliphatic heterocycles. The van der Waals surface area contributed by atoms with Crippen LogP contribution in [0.5, 0.6) is 0 Å². The van der Waals surface area contributed by atoms with Gasteiger partial charge in [0, 0.05) is 10.0 Å². The van der Waals surface area contributed by atoms with Crippen LogP contribution in [0.15, 0.2) is 53.0 Å². The molecule has 0 fully saturated rings. The largest absolute Gasteiger partial charge is 0.389 e. The summed E-state index contributed by atoms with van der Waals surface area (Å²) in [5.74, 6) is -0.352. The van der Waals surface area contributed by atoms with Crippen molar-refractivity contribution in [2.75, 3.05) is 5.32 Å². The van der Waals surface area contributed by atoms with Crippen LogP contribution < -0.4 is 11.1 Å². The van der Waals surface area contributed by atoms with Crippen molar-refractivity contribution in [3.63, 3.8) is 0 Å². The molecule has 0 bridgehead atoms. The maximum Gasteiger partial charge on any atom is 0.231 e. The molecule has 5 heteroatoms. The van der Waals surface area contributed by atoms with Gasteiger partial charge in [0.2, 0.25) is 5.91 Å². The minimum atomic E-state index is -0.256. The monoisotopic (exact) mass is 362 g/mol. The van der Waals surface area contributed by atoms with E-state index >= 15 is 0 Å². The molecule has 0 saturated heterocycles. The minimum absolute atomic E-state index is 0.0963. The Morgan fingerprint density at radius 2 is 1.90 bits per heavy atom. The van der Waals surface area contributed by atoms with Crippen LogP contribution in [-0.4, -0.2) is 10.9 Å². The zero-order chi connectivity index (χ0) is 15.4. The molecule has 0 saturated carbocycles. The topological polar surface area (TPSA) is 55.1 Å². The van der Waals surface area contributed by atoms with Gasteiger partial charge in [0.25, 0.3) is 0 Å². The average Bonchev–Trinajstić information content (AvgIpc) is 2.49. The summed E-state index contributed by atoms with van der Waals surface area (Å²) in [4.78, 5) is 12.6. The zero-order valence-electron chi connectivity index (χ0n) is 11.5. The van der Waals surface area contributed by atoms with Gasteiger partial charge in [-0.05, 0) is 30.7 Å². The standard InChI is InChI=1S/C16H15BrN2OS/c1-10(11-5-3-2-4-6-11)16(20)19-14-8-7-12(17)9-13(14)15(18)21/h2-10H,1H3,(H2,18,21)(H,19,20). The number of carbonyl (C=O) groups excluding carboxylic acids is 1. The Kier molecular flexibility index (Phi) is 5.09. The van der Waals surface area contributed by atoms with Crippen molar-refractivity contribution in [3.8, 4) is 0 Å². The van der Waals surface area contributed by atoms with E-state index in [1.807, 2.05) is 43.3 Å². The number of halogens is 1. The van der Waals surface area contributed by atoms with Crippen LogP contribution in [0.3, 0.4) is 0 Å². The van der Waals surface area contributed by atoms with Crippen molar-refractivity contribution in [2.45, 2.75) is 12.8 Å². The summed E-state index contributed by atoms with van der Waals surface area (Å²) in [6.07, 6.45) is 0. The van der Waals surface area contributed by atoms with Gasteiger partial charge in [0.05, 0.1) is 11.6 Å². The molecule has 0 heterocycles. The van der Waals surface area contributed by atoms with E-state index in [1.165, 1.54) is 0 Å². The van der Waals surface area contributed by atoms with Crippen molar-refractivity contribution < 1.29 is 4.79 Å². The number of amides is 1. The third-order valence-corrected chi connectivity index (χ3v) is 3.91. The Morgan fingerprint density at radius 3 is 2.52 bits per heavy atom. The number of hydrogen-bond acceptors (Lipinski definition) is 2. The molecule has 1 atom stereocenters. The summed E-state index contributed by atoms with van der Waals surface area (Å²) in [5.41, 5.74) is 7.94. The Bertz CT molecular complexity index is 673. The van der Waals surface area contributed by atoms with Crippen LogP contribution in [0.2, 0.25) is 0 Å². The molecule has 3 nitrogen and oxygen atoms in total. The first-order chi connectivity index (χ1) is 9.99. The number of nitrogens with one attached hydrogen (secondary N) is 1. The van der Waals surface area contributed by atoms with Crippen molar-refractivity contribution in [1.82, 2.24) is 0 Å². The Hall–Kier alpha value is -1.72. The molecule has 2 rings (SSSR count). The van der Waals surface area contributed by atoms with Crippen molar-refractivity contribution >= 4 is 44.7 Å². The average molecular weight is 363 g/mol. The molecule has 2 aromatic rings. The third kappa shape index (κ3) is 3.89. The Labute approximate surface area is 137 Å². The van der Waals surface area contributed by atoms with E-state index in [-0.39, 0.29) is 16.8 Å². The molecule has 0 aromatic heterocycles. The normalized spacial score (nSPS) is 11.7. The summed E-state index contributed by atoms with van der Waals surface area (Å²) >= 11 is 8.40. The van der Waals surface area contributed by atoms with E-state index in [0.29, 0.717) is 11.3 Å². The highest BCUT2D eigenvalue weighted by molar-refractivity contribution is 9.10. The molecule has 21 heavy (non-hydrogen) atoms. The van der Waals surface area contributed by atoms with Crippen LogP contribution in [0.1, 0.15) is 24.0 Å². The lowest BCUT2D eigenvalue weighted by Gasteiger charge is -2.15. The number of benzene rings is 2. The van der Waals surface area contributed by atoms with E-state index < -0.39 is 0 Å². The van der Waals surface area contributed by atoms with Gasteiger partial charge in [-0.2, -0.15) is 0 Å². The fraction of sp³-hybridized carbons (Fsp3) is 0.125. The van der Waals surface area contributed by atoms with Gasteiger partial charge in [-0.1, -0.05) is 58.5 Å². The Balaban J connectivity index is 2.22. The second kappa shape index (κ2) is 6.83. The summed E-state index contributed by atoms with van der Waals surface area (Å²) in [6.45, 7) is 1.87. The molecule has 0 aliphatic carbocycles. The fourth-order valence-electron chi connectivity index (χ4n) is 1.96. The summed E-state index contributed by atoms with van der Waals surface area (Å²) < 4.78 is 0.861. The van der Waals surface area contributed by atoms with Crippen LogP contribution >= 0.6 is 28.1 Å². The maximum atomic E-state index is 12.4. The van der Waals surface area contributed by atoms with E-state index in [1.54, 1.807) is 12.1 Å². The number of anilines is 1. The van der Waals surface area contributed by atoms with Gasteiger partial charge in [0.15, 0.2) is 0 Å². The molecular weight excluding hydrogens is 348 g/mol. The van der Waals surface area contributed by atoms with Crippen molar-refractivity contribution in [3.05, 3.63) is 64.1 Å². The quantitative estimate of drug-likeness (QED) is 0.812. The molecule has 0 spiro atoms. The lowest BCUT2D eigenvalue weighted by molar-refractivity contribution is -0.117. The smallest absolute Gasteiger partial charge is 0.231 e. The summed E-state index contributed by atoms with van der Waals surface area (Å²) in [7, 11) is 0. The highest BCUT2D eigenvalue weighted by Gasteiger charge is 2.17. The van der Waals surface area contributed by atoms with Gasteiger partial charge < -0.3 is 11.1 Å². The van der Waals surface area contributed by atoms with Gasteiger partial charge >= 0.3 is 0 Å². The van der Waals surface area contributed by atoms with Crippen molar-refractivity contribution in [2.24, 2.45) is 5.73 Å². The number of thiocarbonyl (C=S) groups is 1. The molecular formula is C16H15BrN2OS.